The number of rotatable bonds is 4. The summed E-state index contributed by atoms with van der Waals surface area (Å²) in [6.07, 6.45) is 1.92. The number of hydrogen-bond donors (Lipinski definition) is 1. The highest BCUT2D eigenvalue weighted by atomic mass is 79.9. The van der Waals surface area contributed by atoms with Crippen LogP contribution in [0.15, 0.2) is 46.9 Å². The zero-order valence-corrected chi connectivity index (χ0v) is 12.7. The second-order valence-corrected chi connectivity index (χ2v) is 5.87. The van der Waals surface area contributed by atoms with Gasteiger partial charge in [0.15, 0.2) is 0 Å². The van der Waals surface area contributed by atoms with Gasteiger partial charge in [-0.3, -0.25) is 0 Å². The Hall–Kier alpha value is -1.62. The third-order valence-electron chi connectivity index (χ3n) is 3.62. The smallest absolute Gasteiger partial charge is 0.387 e. The lowest BCUT2D eigenvalue weighted by Gasteiger charge is -2.18. The van der Waals surface area contributed by atoms with Crippen molar-refractivity contribution in [1.29, 1.82) is 0 Å². The third kappa shape index (κ3) is 3.18. The number of anilines is 1. The van der Waals surface area contributed by atoms with Gasteiger partial charge in [0.05, 0.1) is 11.7 Å². The fraction of sp³-hybridized carbons (Fsp3) is 0.250. The highest BCUT2D eigenvalue weighted by Crippen LogP contribution is 2.37. The van der Waals surface area contributed by atoms with Crippen LogP contribution in [0.4, 0.5) is 14.5 Å². The van der Waals surface area contributed by atoms with Crippen LogP contribution < -0.4 is 10.1 Å². The van der Waals surface area contributed by atoms with Gasteiger partial charge in [-0.1, -0.05) is 34.1 Å². The molecule has 110 valence electrons. The molecule has 0 heterocycles. The Kier molecular flexibility index (Phi) is 4.10. The number of nitrogens with one attached hydrogen (secondary N) is 1. The fourth-order valence-corrected chi connectivity index (χ4v) is 3.12. The molecule has 0 aromatic heterocycles. The molecule has 1 unspecified atom stereocenters. The quantitative estimate of drug-likeness (QED) is 0.820. The van der Waals surface area contributed by atoms with E-state index < -0.39 is 6.61 Å². The largest absolute Gasteiger partial charge is 0.433 e. The van der Waals surface area contributed by atoms with Crippen molar-refractivity contribution in [3.63, 3.8) is 0 Å². The van der Waals surface area contributed by atoms with Gasteiger partial charge in [-0.15, -0.1) is 0 Å². The van der Waals surface area contributed by atoms with Gasteiger partial charge in [-0.2, -0.15) is 8.78 Å². The minimum Gasteiger partial charge on any atom is -0.433 e. The van der Waals surface area contributed by atoms with Crippen LogP contribution in [-0.4, -0.2) is 6.61 Å². The van der Waals surface area contributed by atoms with Gasteiger partial charge in [-0.25, -0.2) is 0 Å². The van der Waals surface area contributed by atoms with Crippen LogP contribution in [0.25, 0.3) is 0 Å². The summed E-state index contributed by atoms with van der Waals surface area (Å²) in [5.74, 6) is 0.179. The maximum absolute atomic E-state index is 12.4. The molecule has 0 radical (unpaired) electrons. The van der Waals surface area contributed by atoms with Crippen LogP contribution in [0.1, 0.15) is 23.6 Å². The summed E-state index contributed by atoms with van der Waals surface area (Å²) in [5.41, 5.74) is 3.10. The van der Waals surface area contributed by atoms with Gasteiger partial charge in [0.25, 0.3) is 0 Å². The molecule has 2 nitrogen and oxygen atoms in total. The summed E-state index contributed by atoms with van der Waals surface area (Å²) in [6, 6.07) is 13.1. The maximum Gasteiger partial charge on any atom is 0.387 e. The highest BCUT2D eigenvalue weighted by molar-refractivity contribution is 9.10. The number of para-hydroxylation sites is 2. The number of hydrogen-bond acceptors (Lipinski definition) is 2. The molecule has 2 aromatic carbocycles. The zero-order chi connectivity index (χ0) is 14.8. The average molecular weight is 354 g/mol. The van der Waals surface area contributed by atoms with Crippen molar-refractivity contribution in [2.24, 2.45) is 0 Å². The number of aryl methyl sites for hydroxylation is 1. The van der Waals surface area contributed by atoms with E-state index >= 15 is 0 Å². The van der Waals surface area contributed by atoms with E-state index in [-0.39, 0.29) is 11.8 Å². The Bertz CT molecular complexity index is 648. The van der Waals surface area contributed by atoms with Crippen molar-refractivity contribution in [1.82, 2.24) is 0 Å². The molecule has 0 saturated carbocycles. The van der Waals surface area contributed by atoms with Crippen LogP contribution in [-0.2, 0) is 6.42 Å². The summed E-state index contributed by atoms with van der Waals surface area (Å²) in [6.45, 7) is -2.82. The zero-order valence-electron chi connectivity index (χ0n) is 11.2. The van der Waals surface area contributed by atoms with E-state index in [1.807, 2.05) is 6.07 Å². The average Bonchev–Trinajstić information content (AvgIpc) is 2.83. The molecule has 0 amide bonds. The van der Waals surface area contributed by atoms with Gasteiger partial charge in [0, 0.05) is 4.47 Å². The molecule has 21 heavy (non-hydrogen) atoms. The molecule has 3 rings (SSSR count). The van der Waals surface area contributed by atoms with Crippen LogP contribution in [0.3, 0.4) is 0 Å². The van der Waals surface area contributed by atoms with Crippen LogP contribution in [0.2, 0.25) is 0 Å². The van der Waals surface area contributed by atoms with Crippen molar-refractivity contribution in [2.45, 2.75) is 25.5 Å². The van der Waals surface area contributed by atoms with E-state index in [1.165, 1.54) is 11.1 Å². The van der Waals surface area contributed by atoms with Crippen molar-refractivity contribution >= 4 is 21.6 Å². The summed E-state index contributed by atoms with van der Waals surface area (Å²) >= 11 is 3.47. The molecule has 1 atom stereocenters. The molecular weight excluding hydrogens is 340 g/mol. The summed E-state index contributed by atoms with van der Waals surface area (Å²) in [5, 5.41) is 3.32. The SMILES string of the molecule is FC(F)Oc1ccccc1NC1CCc2cc(Br)ccc21. The molecule has 1 aliphatic carbocycles. The van der Waals surface area contributed by atoms with Crippen molar-refractivity contribution in [2.75, 3.05) is 5.32 Å². The van der Waals surface area contributed by atoms with Gasteiger partial charge in [0.1, 0.15) is 5.75 Å². The Morgan fingerprint density at radius 1 is 1.19 bits per heavy atom. The maximum atomic E-state index is 12.4. The first-order valence-electron chi connectivity index (χ1n) is 6.72. The standard InChI is InChI=1S/C16H14BrF2NO/c17-11-6-7-12-10(9-11)5-8-13(12)20-14-3-1-2-4-15(14)21-16(18)19/h1-4,6-7,9,13,16,20H,5,8H2. The molecule has 1 aliphatic rings. The van der Waals surface area contributed by atoms with Crippen molar-refractivity contribution < 1.29 is 13.5 Å². The Labute approximate surface area is 130 Å². The first-order chi connectivity index (χ1) is 10.1. The van der Waals surface area contributed by atoms with E-state index in [0.717, 1.165) is 17.3 Å². The topological polar surface area (TPSA) is 21.3 Å². The minimum atomic E-state index is -2.82. The molecule has 2 aromatic rings. The molecule has 1 N–H and O–H groups in total. The predicted octanol–water partition coefficient (Wildman–Crippen LogP) is 5.15. The molecule has 5 heteroatoms. The second kappa shape index (κ2) is 6.02. The van der Waals surface area contributed by atoms with E-state index in [0.29, 0.717) is 5.69 Å². The monoisotopic (exact) mass is 353 g/mol. The molecule has 0 bridgehead atoms. The normalized spacial score (nSPS) is 16.9. The number of ether oxygens (including phenoxy) is 1. The lowest BCUT2D eigenvalue weighted by molar-refractivity contribution is -0.0493. The van der Waals surface area contributed by atoms with Gasteiger partial charge in [0.2, 0.25) is 0 Å². The van der Waals surface area contributed by atoms with E-state index in [1.54, 1.807) is 24.3 Å². The summed E-state index contributed by atoms with van der Waals surface area (Å²) in [7, 11) is 0. The second-order valence-electron chi connectivity index (χ2n) is 4.95. The first kappa shape index (κ1) is 14.3. The molecule has 0 spiro atoms. The summed E-state index contributed by atoms with van der Waals surface area (Å²) < 4.78 is 30.5. The fourth-order valence-electron chi connectivity index (χ4n) is 2.71. The minimum absolute atomic E-state index is 0.121. The van der Waals surface area contributed by atoms with Crippen LogP contribution in [0, 0.1) is 0 Å². The highest BCUT2D eigenvalue weighted by Gasteiger charge is 2.23. The van der Waals surface area contributed by atoms with Gasteiger partial charge in [-0.05, 0) is 48.2 Å². The van der Waals surface area contributed by atoms with Crippen molar-refractivity contribution in [3.05, 3.63) is 58.1 Å². The number of alkyl halides is 2. The van der Waals surface area contributed by atoms with Crippen LogP contribution in [0.5, 0.6) is 5.75 Å². The summed E-state index contributed by atoms with van der Waals surface area (Å²) in [4.78, 5) is 0. The lowest BCUT2D eigenvalue weighted by Crippen LogP contribution is -2.10. The third-order valence-corrected chi connectivity index (χ3v) is 4.11. The van der Waals surface area contributed by atoms with Gasteiger partial charge >= 0.3 is 6.61 Å². The molecule has 0 aliphatic heterocycles. The lowest BCUT2D eigenvalue weighted by atomic mass is 10.1. The van der Waals surface area contributed by atoms with Crippen LogP contribution >= 0.6 is 15.9 Å². The molecule has 0 saturated heterocycles. The van der Waals surface area contributed by atoms with Gasteiger partial charge < -0.3 is 10.1 Å². The molecule has 0 fully saturated rings. The van der Waals surface area contributed by atoms with E-state index in [2.05, 4.69) is 38.1 Å². The molecular formula is C16H14BrF2NO. The number of benzene rings is 2. The Morgan fingerprint density at radius 2 is 2.00 bits per heavy atom. The van der Waals surface area contributed by atoms with E-state index in [9.17, 15) is 8.78 Å². The number of halogens is 3. The Balaban J connectivity index is 1.83. The van der Waals surface area contributed by atoms with Crippen molar-refractivity contribution in [3.8, 4) is 5.75 Å². The number of fused-ring (bicyclic) bond motifs is 1. The predicted molar refractivity (Wildman–Crippen MR) is 81.9 cm³/mol. The Morgan fingerprint density at radius 3 is 2.81 bits per heavy atom. The first-order valence-corrected chi connectivity index (χ1v) is 7.51. The van der Waals surface area contributed by atoms with E-state index in [4.69, 9.17) is 0 Å².